The summed E-state index contributed by atoms with van der Waals surface area (Å²) < 4.78 is 0. The molecule has 0 unspecified atom stereocenters. The SMILES string of the molecule is C#CC.CC.CC.c1ccc(-c2ccccn2)cc1. The molecular formula is C18H25N. The second kappa shape index (κ2) is 15.9. The molecular weight excluding hydrogens is 230 g/mol. The van der Waals surface area contributed by atoms with Crippen molar-refractivity contribution in [3.63, 3.8) is 0 Å². The zero-order valence-electron chi connectivity index (χ0n) is 12.7. The smallest absolute Gasteiger partial charge is 0.0701 e. The van der Waals surface area contributed by atoms with Gasteiger partial charge in [-0.05, 0) is 19.1 Å². The highest BCUT2D eigenvalue weighted by molar-refractivity contribution is 5.58. The van der Waals surface area contributed by atoms with Crippen LogP contribution < -0.4 is 0 Å². The Morgan fingerprint density at radius 3 is 1.74 bits per heavy atom. The molecule has 0 saturated carbocycles. The van der Waals surface area contributed by atoms with Crippen LogP contribution in [0.4, 0.5) is 0 Å². The first-order valence-corrected chi connectivity index (χ1v) is 6.72. The molecule has 2 aromatic rings. The van der Waals surface area contributed by atoms with Crippen molar-refractivity contribution in [2.75, 3.05) is 0 Å². The largest absolute Gasteiger partial charge is 0.256 e. The number of aromatic nitrogens is 1. The Bertz CT molecular complexity index is 375. The van der Waals surface area contributed by atoms with Crippen LogP contribution in [-0.4, -0.2) is 4.98 Å². The minimum Gasteiger partial charge on any atom is -0.256 e. The normalized spacial score (nSPS) is 7.16. The summed E-state index contributed by atoms with van der Waals surface area (Å²) in [7, 11) is 0. The summed E-state index contributed by atoms with van der Waals surface area (Å²) in [6.45, 7) is 9.65. The van der Waals surface area contributed by atoms with E-state index in [1.54, 1.807) is 6.92 Å². The molecule has 2 rings (SSSR count). The average molecular weight is 255 g/mol. The Balaban J connectivity index is 0. The number of hydrogen-bond acceptors (Lipinski definition) is 1. The Kier molecular flexibility index (Phi) is 16.2. The molecule has 0 atom stereocenters. The van der Waals surface area contributed by atoms with Crippen LogP contribution in [-0.2, 0) is 0 Å². The van der Waals surface area contributed by atoms with Gasteiger partial charge < -0.3 is 0 Å². The van der Waals surface area contributed by atoms with Crippen LogP contribution in [0.1, 0.15) is 34.6 Å². The van der Waals surface area contributed by atoms with E-state index in [-0.39, 0.29) is 0 Å². The van der Waals surface area contributed by atoms with Crippen LogP contribution >= 0.6 is 0 Å². The van der Waals surface area contributed by atoms with Gasteiger partial charge in [-0.2, -0.15) is 0 Å². The third kappa shape index (κ3) is 9.62. The predicted molar refractivity (Wildman–Crippen MR) is 86.9 cm³/mol. The lowest BCUT2D eigenvalue weighted by Crippen LogP contribution is -1.79. The van der Waals surface area contributed by atoms with Crippen LogP contribution in [0, 0.1) is 12.3 Å². The van der Waals surface area contributed by atoms with Gasteiger partial charge in [-0.3, -0.25) is 4.98 Å². The quantitative estimate of drug-likeness (QED) is 0.618. The van der Waals surface area contributed by atoms with Gasteiger partial charge in [-0.1, -0.05) is 64.1 Å². The molecule has 102 valence electrons. The summed E-state index contributed by atoms with van der Waals surface area (Å²) in [6.07, 6.45) is 6.41. The predicted octanol–water partition coefficient (Wildman–Crippen LogP) is 5.44. The highest BCUT2D eigenvalue weighted by atomic mass is 14.7. The first-order chi connectivity index (χ1) is 9.38. The van der Waals surface area contributed by atoms with Gasteiger partial charge in [0, 0.05) is 11.8 Å². The highest BCUT2D eigenvalue weighted by Crippen LogP contribution is 2.14. The third-order valence-corrected chi connectivity index (χ3v) is 1.73. The molecule has 0 spiro atoms. The minimum atomic E-state index is 1.03. The maximum atomic E-state index is 4.60. The molecule has 0 radical (unpaired) electrons. The molecule has 1 aromatic heterocycles. The fraction of sp³-hybridized carbons (Fsp3) is 0.278. The number of benzene rings is 1. The van der Waals surface area contributed by atoms with Crippen LogP contribution in [0.3, 0.4) is 0 Å². The molecule has 0 aliphatic carbocycles. The Morgan fingerprint density at radius 1 is 0.842 bits per heavy atom. The maximum Gasteiger partial charge on any atom is 0.0701 e. The monoisotopic (exact) mass is 255 g/mol. The van der Waals surface area contributed by atoms with Crippen LogP contribution in [0.2, 0.25) is 0 Å². The van der Waals surface area contributed by atoms with Crippen molar-refractivity contribution in [1.29, 1.82) is 0 Å². The lowest BCUT2D eigenvalue weighted by molar-refractivity contribution is 1.33. The van der Waals surface area contributed by atoms with Gasteiger partial charge in [0.05, 0.1) is 5.69 Å². The highest BCUT2D eigenvalue weighted by Gasteiger charge is 1.93. The Morgan fingerprint density at radius 2 is 1.32 bits per heavy atom. The number of terminal acetylenes is 1. The summed E-state index contributed by atoms with van der Waals surface area (Å²) in [5.74, 6) is 2.25. The van der Waals surface area contributed by atoms with Crippen molar-refractivity contribution in [3.8, 4) is 23.6 Å². The molecule has 1 heterocycles. The van der Waals surface area contributed by atoms with Gasteiger partial charge in [-0.25, -0.2) is 0 Å². The minimum absolute atomic E-state index is 1.03. The summed E-state index contributed by atoms with van der Waals surface area (Å²) >= 11 is 0. The van der Waals surface area contributed by atoms with Gasteiger partial charge in [0.1, 0.15) is 0 Å². The lowest BCUT2D eigenvalue weighted by atomic mass is 10.1. The van der Waals surface area contributed by atoms with E-state index >= 15 is 0 Å². The summed E-state index contributed by atoms with van der Waals surface area (Å²) in [5, 5.41) is 0. The van der Waals surface area contributed by atoms with Crippen LogP contribution in [0.5, 0.6) is 0 Å². The first kappa shape index (κ1) is 19.3. The molecule has 0 amide bonds. The van der Waals surface area contributed by atoms with E-state index in [4.69, 9.17) is 0 Å². The maximum absolute atomic E-state index is 4.60. The van der Waals surface area contributed by atoms with Gasteiger partial charge >= 0.3 is 0 Å². The van der Waals surface area contributed by atoms with Gasteiger partial charge in [0.2, 0.25) is 0 Å². The number of pyridine rings is 1. The van der Waals surface area contributed by atoms with Crippen molar-refractivity contribution < 1.29 is 0 Å². The van der Waals surface area contributed by atoms with Gasteiger partial charge in [0.25, 0.3) is 0 Å². The number of hydrogen-bond donors (Lipinski definition) is 0. The molecule has 1 aromatic carbocycles. The average Bonchev–Trinajstić information content (AvgIpc) is 2.54. The van der Waals surface area contributed by atoms with Crippen molar-refractivity contribution in [3.05, 3.63) is 54.7 Å². The molecule has 0 aliphatic rings. The topological polar surface area (TPSA) is 12.9 Å². The van der Waals surface area contributed by atoms with Crippen LogP contribution in [0.25, 0.3) is 11.3 Å². The van der Waals surface area contributed by atoms with Gasteiger partial charge in [0.15, 0.2) is 0 Å². The molecule has 19 heavy (non-hydrogen) atoms. The van der Waals surface area contributed by atoms with E-state index < -0.39 is 0 Å². The molecule has 1 heteroatoms. The van der Waals surface area contributed by atoms with Crippen molar-refractivity contribution in [2.24, 2.45) is 0 Å². The second-order valence-corrected chi connectivity index (χ2v) is 2.87. The zero-order chi connectivity index (χ0) is 14.9. The van der Waals surface area contributed by atoms with Crippen LogP contribution in [0.15, 0.2) is 54.7 Å². The van der Waals surface area contributed by atoms with E-state index in [0.29, 0.717) is 0 Å². The van der Waals surface area contributed by atoms with Gasteiger partial charge in [-0.15, -0.1) is 12.3 Å². The summed E-state index contributed by atoms with van der Waals surface area (Å²) in [4.78, 5) is 4.25. The number of nitrogens with zero attached hydrogens (tertiary/aromatic N) is 1. The van der Waals surface area contributed by atoms with E-state index in [1.807, 2.05) is 70.3 Å². The zero-order valence-corrected chi connectivity index (χ0v) is 12.7. The van der Waals surface area contributed by atoms with E-state index in [0.717, 1.165) is 11.3 Å². The molecule has 1 nitrogen and oxygen atoms in total. The molecule has 0 bridgehead atoms. The van der Waals surface area contributed by atoms with Crippen molar-refractivity contribution in [2.45, 2.75) is 34.6 Å². The fourth-order valence-electron chi connectivity index (χ4n) is 1.14. The molecule has 0 N–H and O–H groups in total. The van der Waals surface area contributed by atoms with E-state index in [9.17, 15) is 0 Å². The molecule has 0 saturated heterocycles. The lowest BCUT2D eigenvalue weighted by Gasteiger charge is -1.97. The molecule has 0 aliphatic heterocycles. The first-order valence-electron chi connectivity index (χ1n) is 6.72. The van der Waals surface area contributed by atoms with Crippen molar-refractivity contribution in [1.82, 2.24) is 4.98 Å². The standard InChI is InChI=1S/C11H9N.C3H4.2C2H6/c1-2-6-10(7-3-1)11-8-4-5-9-12-11;1-3-2;2*1-2/h1-9H;1H,2H3;2*1-2H3. The third-order valence-electron chi connectivity index (χ3n) is 1.73. The Hall–Kier alpha value is -2.07. The summed E-state index contributed by atoms with van der Waals surface area (Å²) in [6, 6.07) is 16.1. The van der Waals surface area contributed by atoms with Crippen molar-refractivity contribution >= 4 is 0 Å². The van der Waals surface area contributed by atoms with E-state index in [2.05, 4.69) is 29.5 Å². The number of rotatable bonds is 1. The van der Waals surface area contributed by atoms with E-state index in [1.165, 1.54) is 0 Å². The fourth-order valence-corrected chi connectivity index (χ4v) is 1.14. The second-order valence-electron chi connectivity index (χ2n) is 2.87. The summed E-state index contributed by atoms with van der Waals surface area (Å²) in [5.41, 5.74) is 2.19. The Labute approximate surface area is 118 Å². The molecule has 0 fully saturated rings.